The lowest BCUT2D eigenvalue weighted by Gasteiger charge is -2.08. The first-order valence-corrected chi connectivity index (χ1v) is 5.71. The van der Waals surface area contributed by atoms with Crippen molar-refractivity contribution in [3.05, 3.63) is 47.7 Å². The number of aromatic nitrogens is 1. The zero-order valence-corrected chi connectivity index (χ0v) is 10.5. The number of nitrogens with two attached hydrogens (primary N) is 1. The molecule has 1 heterocycles. The Morgan fingerprint density at radius 3 is 2.39 bits per heavy atom. The second kappa shape index (κ2) is 5.51. The molecule has 0 unspecified atom stereocenters. The predicted octanol–water partition coefficient (Wildman–Crippen LogP) is 2.65. The van der Waals surface area contributed by atoms with Crippen LogP contribution in [0.5, 0.6) is 17.4 Å². The Morgan fingerprint density at radius 2 is 1.78 bits per heavy atom. The molecule has 0 radical (unpaired) electrons. The fourth-order valence-corrected chi connectivity index (χ4v) is 1.64. The summed E-state index contributed by atoms with van der Waals surface area (Å²) in [5.74, 6) is 2.07. The summed E-state index contributed by atoms with van der Waals surface area (Å²) in [5.41, 5.74) is 7.51. The summed E-state index contributed by atoms with van der Waals surface area (Å²) < 4.78 is 10.8. The monoisotopic (exact) mass is 244 g/mol. The van der Waals surface area contributed by atoms with Gasteiger partial charge in [-0.1, -0.05) is 0 Å². The van der Waals surface area contributed by atoms with Gasteiger partial charge >= 0.3 is 0 Å². The molecular formula is C14H16N2O2. The normalized spacial score (nSPS) is 10.2. The van der Waals surface area contributed by atoms with E-state index in [0.717, 1.165) is 22.8 Å². The molecular weight excluding hydrogens is 228 g/mol. The Morgan fingerprint density at radius 1 is 1.11 bits per heavy atom. The van der Waals surface area contributed by atoms with Gasteiger partial charge in [0.2, 0.25) is 5.88 Å². The average Bonchev–Trinajstić information content (AvgIpc) is 2.39. The molecule has 0 bridgehead atoms. The molecule has 0 atom stereocenters. The molecule has 0 saturated carbocycles. The van der Waals surface area contributed by atoms with E-state index in [-0.39, 0.29) is 0 Å². The fraction of sp³-hybridized carbons (Fsp3) is 0.214. The van der Waals surface area contributed by atoms with Crippen molar-refractivity contribution in [2.75, 3.05) is 7.11 Å². The van der Waals surface area contributed by atoms with E-state index in [9.17, 15) is 0 Å². The molecule has 0 spiro atoms. The van der Waals surface area contributed by atoms with Gasteiger partial charge in [0.05, 0.1) is 7.11 Å². The summed E-state index contributed by atoms with van der Waals surface area (Å²) in [5, 5.41) is 0. The van der Waals surface area contributed by atoms with Gasteiger partial charge in [-0.05, 0) is 42.8 Å². The summed E-state index contributed by atoms with van der Waals surface area (Å²) in [7, 11) is 1.63. The maximum atomic E-state index is 5.68. The maximum Gasteiger partial charge on any atom is 0.219 e. The SMILES string of the molecule is COc1ccc(Oc2cc(CN)cc(C)n2)cc1. The molecule has 0 fully saturated rings. The van der Waals surface area contributed by atoms with Gasteiger partial charge in [0.25, 0.3) is 0 Å². The lowest BCUT2D eigenvalue weighted by molar-refractivity contribution is 0.412. The van der Waals surface area contributed by atoms with Crippen molar-refractivity contribution in [3.8, 4) is 17.4 Å². The largest absolute Gasteiger partial charge is 0.497 e. The van der Waals surface area contributed by atoms with Crippen LogP contribution in [0, 0.1) is 6.92 Å². The number of hydrogen-bond acceptors (Lipinski definition) is 4. The minimum absolute atomic E-state index is 0.475. The van der Waals surface area contributed by atoms with Crippen LogP contribution in [-0.2, 0) is 6.54 Å². The van der Waals surface area contributed by atoms with Crippen LogP contribution in [0.25, 0.3) is 0 Å². The smallest absolute Gasteiger partial charge is 0.219 e. The number of aryl methyl sites for hydroxylation is 1. The maximum absolute atomic E-state index is 5.68. The standard InChI is InChI=1S/C14H16N2O2/c1-10-7-11(9-15)8-14(16-10)18-13-5-3-12(17-2)4-6-13/h3-8H,9,15H2,1-2H3. The van der Waals surface area contributed by atoms with Crippen molar-refractivity contribution in [3.63, 3.8) is 0 Å². The van der Waals surface area contributed by atoms with Gasteiger partial charge in [0.1, 0.15) is 11.5 Å². The van der Waals surface area contributed by atoms with Gasteiger partial charge in [0.15, 0.2) is 0 Å². The highest BCUT2D eigenvalue weighted by atomic mass is 16.5. The summed E-state index contributed by atoms with van der Waals surface area (Å²) in [6, 6.07) is 11.2. The van der Waals surface area contributed by atoms with Crippen LogP contribution in [0.2, 0.25) is 0 Å². The average molecular weight is 244 g/mol. The highest BCUT2D eigenvalue weighted by molar-refractivity contribution is 5.34. The van der Waals surface area contributed by atoms with E-state index in [0.29, 0.717) is 12.4 Å². The van der Waals surface area contributed by atoms with Crippen LogP contribution in [0.1, 0.15) is 11.3 Å². The molecule has 4 heteroatoms. The quantitative estimate of drug-likeness (QED) is 0.898. The van der Waals surface area contributed by atoms with E-state index in [2.05, 4.69) is 4.98 Å². The van der Waals surface area contributed by atoms with E-state index in [1.165, 1.54) is 0 Å². The third-order valence-electron chi connectivity index (χ3n) is 2.51. The van der Waals surface area contributed by atoms with Crippen molar-refractivity contribution in [2.24, 2.45) is 5.73 Å². The lowest BCUT2D eigenvalue weighted by Crippen LogP contribution is -1.99. The second-order valence-electron chi connectivity index (χ2n) is 3.94. The number of ether oxygens (including phenoxy) is 2. The molecule has 1 aromatic carbocycles. The first kappa shape index (κ1) is 12.4. The molecule has 2 N–H and O–H groups in total. The minimum atomic E-state index is 0.475. The van der Waals surface area contributed by atoms with Gasteiger partial charge < -0.3 is 15.2 Å². The van der Waals surface area contributed by atoms with Gasteiger partial charge in [-0.15, -0.1) is 0 Å². The van der Waals surface area contributed by atoms with Crippen LogP contribution in [0.4, 0.5) is 0 Å². The van der Waals surface area contributed by atoms with Crippen LogP contribution in [-0.4, -0.2) is 12.1 Å². The summed E-state index contributed by atoms with van der Waals surface area (Å²) >= 11 is 0. The number of rotatable bonds is 4. The Labute approximate surface area is 106 Å². The van der Waals surface area contributed by atoms with Crippen LogP contribution >= 0.6 is 0 Å². The van der Waals surface area contributed by atoms with Crippen molar-refractivity contribution in [1.82, 2.24) is 4.98 Å². The number of methoxy groups -OCH3 is 1. The molecule has 2 rings (SSSR count). The van der Waals surface area contributed by atoms with E-state index in [1.807, 2.05) is 43.3 Å². The summed E-state index contributed by atoms with van der Waals surface area (Å²) in [6.45, 7) is 2.39. The van der Waals surface area contributed by atoms with Crippen LogP contribution in [0.3, 0.4) is 0 Å². The lowest BCUT2D eigenvalue weighted by atomic mass is 10.2. The van der Waals surface area contributed by atoms with Crippen molar-refractivity contribution < 1.29 is 9.47 Å². The zero-order valence-electron chi connectivity index (χ0n) is 10.5. The molecule has 4 nitrogen and oxygen atoms in total. The zero-order chi connectivity index (χ0) is 13.0. The van der Waals surface area contributed by atoms with E-state index >= 15 is 0 Å². The Bertz CT molecular complexity index is 524. The van der Waals surface area contributed by atoms with Gasteiger partial charge in [-0.25, -0.2) is 4.98 Å². The second-order valence-corrected chi connectivity index (χ2v) is 3.94. The van der Waals surface area contributed by atoms with Crippen LogP contribution in [0.15, 0.2) is 36.4 Å². The Kier molecular flexibility index (Phi) is 3.79. The minimum Gasteiger partial charge on any atom is -0.497 e. The number of hydrogen-bond donors (Lipinski definition) is 1. The predicted molar refractivity (Wildman–Crippen MR) is 69.9 cm³/mol. The highest BCUT2D eigenvalue weighted by Crippen LogP contribution is 2.23. The van der Waals surface area contributed by atoms with Gasteiger partial charge in [-0.2, -0.15) is 0 Å². The van der Waals surface area contributed by atoms with Crippen LogP contribution < -0.4 is 15.2 Å². The molecule has 2 aromatic rings. The van der Waals surface area contributed by atoms with Gasteiger partial charge in [0, 0.05) is 18.3 Å². The van der Waals surface area contributed by atoms with E-state index in [4.69, 9.17) is 15.2 Å². The third kappa shape index (κ3) is 2.99. The highest BCUT2D eigenvalue weighted by Gasteiger charge is 2.02. The molecule has 0 saturated heterocycles. The summed E-state index contributed by atoms with van der Waals surface area (Å²) in [4.78, 5) is 4.31. The third-order valence-corrected chi connectivity index (χ3v) is 2.51. The van der Waals surface area contributed by atoms with Gasteiger partial charge in [-0.3, -0.25) is 0 Å². The van der Waals surface area contributed by atoms with Crippen molar-refractivity contribution in [2.45, 2.75) is 13.5 Å². The first-order chi connectivity index (χ1) is 8.71. The van der Waals surface area contributed by atoms with Crippen molar-refractivity contribution >= 4 is 0 Å². The number of benzene rings is 1. The fourth-order valence-electron chi connectivity index (χ4n) is 1.64. The van der Waals surface area contributed by atoms with E-state index < -0.39 is 0 Å². The van der Waals surface area contributed by atoms with E-state index in [1.54, 1.807) is 7.11 Å². The topological polar surface area (TPSA) is 57.4 Å². The molecule has 0 amide bonds. The molecule has 0 aliphatic carbocycles. The Balaban J connectivity index is 2.19. The Hall–Kier alpha value is -2.07. The summed E-state index contributed by atoms with van der Waals surface area (Å²) in [6.07, 6.45) is 0. The molecule has 18 heavy (non-hydrogen) atoms. The number of pyridine rings is 1. The first-order valence-electron chi connectivity index (χ1n) is 5.71. The molecule has 94 valence electrons. The van der Waals surface area contributed by atoms with Crippen molar-refractivity contribution in [1.29, 1.82) is 0 Å². The molecule has 0 aliphatic rings. The molecule has 1 aromatic heterocycles. The molecule has 0 aliphatic heterocycles. The number of nitrogens with zero attached hydrogens (tertiary/aromatic N) is 1.